The van der Waals surface area contributed by atoms with Crippen LogP contribution in [0, 0.1) is 0 Å². The molecule has 0 bridgehead atoms. The number of hydrogen-bond acceptors (Lipinski definition) is 2. The molecule has 0 N–H and O–H groups in total. The highest BCUT2D eigenvalue weighted by Crippen LogP contribution is 2.30. The Kier molecular flexibility index (Phi) is 2.13. The fourth-order valence-electron chi connectivity index (χ4n) is 2.26. The Balaban J connectivity index is 2.06. The van der Waals surface area contributed by atoms with E-state index in [-0.39, 0.29) is 0 Å². The van der Waals surface area contributed by atoms with E-state index in [1.165, 1.54) is 16.8 Å². The van der Waals surface area contributed by atoms with E-state index < -0.39 is 0 Å². The number of likely N-dealkylation sites (N-methyl/N-ethyl adjacent to an activating group) is 1. The second kappa shape index (κ2) is 3.63. The van der Waals surface area contributed by atoms with E-state index in [9.17, 15) is 0 Å². The molecule has 0 amide bonds. The smallest absolute Gasteiger partial charge is 0.0702 e. The molecule has 0 atom stereocenters. The van der Waals surface area contributed by atoms with Gasteiger partial charge in [-0.1, -0.05) is 12.1 Å². The number of benzene rings is 1. The average Bonchev–Trinajstić information content (AvgIpc) is 2.72. The first-order chi connectivity index (χ1) is 7.84. The summed E-state index contributed by atoms with van der Waals surface area (Å²) in [5.74, 6) is 0. The summed E-state index contributed by atoms with van der Waals surface area (Å²) < 4.78 is 0. The number of rotatable bonds is 1. The highest BCUT2D eigenvalue weighted by atomic mass is 15.1. The Morgan fingerprint density at radius 1 is 1.19 bits per heavy atom. The van der Waals surface area contributed by atoms with Crippen molar-refractivity contribution in [3.05, 3.63) is 48.2 Å². The monoisotopic (exact) mass is 210 g/mol. The Bertz CT molecular complexity index is 505. The average molecular weight is 210 g/mol. The largest absolute Gasteiger partial charge is 0.374 e. The third-order valence-corrected chi connectivity index (χ3v) is 3.17. The van der Waals surface area contributed by atoms with Crippen molar-refractivity contribution in [3.8, 4) is 11.3 Å². The minimum Gasteiger partial charge on any atom is -0.374 e. The van der Waals surface area contributed by atoms with E-state index in [1.807, 2.05) is 18.3 Å². The number of nitrogens with zero attached hydrogens (tertiary/aromatic N) is 2. The topological polar surface area (TPSA) is 16.1 Å². The summed E-state index contributed by atoms with van der Waals surface area (Å²) in [6.07, 6.45) is 2.99. The highest BCUT2D eigenvalue weighted by Gasteiger charge is 2.15. The molecule has 1 aliphatic heterocycles. The van der Waals surface area contributed by atoms with Crippen LogP contribution >= 0.6 is 0 Å². The van der Waals surface area contributed by atoms with Crippen LogP contribution in [0.15, 0.2) is 42.6 Å². The van der Waals surface area contributed by atoms with Crippen LogP contribution in [-0.2, 0) is 6.42 Å². The SMILES string of the molecule is CN1CCc2cc(-c3ccccn3)ccc21. The van der Waals surface area contributed by atoms with Crippen LogP contribution in [0.25, 0.3) is 11.3 Å². The maximum Gasteiger partial charge on any atom is 0.0702 e. The zero-order chi connectivity index (χ0) is 11.0. The standard InChI is InChI=1S/C14H14N2/c1-16-9-7-12-10-11(5-6-14(12)16)13-4-2-3-8-15-13/h2-6,8,10H,7,9H2,1H3. The van der Waals surface area contributed by atoms with Crippen molar-refractivity contribution in [1.82, 2.24) is 4.98 Å². The van der Waals surface area contributed by atoms with Crippen LogP contribution in [0.1, 0.15) is 5.56 Å². The Morgan fingerprint density at radius 3 is 2.94 bits per heavy atom. The number of aromatic nitrogens is 1. The molecule has 1 aliphatic rings. The molecule has 2 heterocycles. The fourth-order valence-corrected chi connectivity index (χ4v) is 2.26. The van der Waals surface area contributed by atoms with Crippen molar-refractivity contribution in [2.75, 3.05) is 18.5 Å². The molecule has 0 spiro atoms. The van der Waals surface area contributed by atoms with E-state index in [0.717, 1.165) is 18.7 Å². The predicted molar refractivity (Wildman–Crippen MR) is 66.6 cm³/mol. The second-order valence-corrected chi connectivity index (χ2v) is 4.23. The summed E-state index contributed by atoms with van der Waals surface area (Å²) in [5.41, 5.74) is 5.07. The molecule has 0 unspecified atom stereocenters. The molecule has 0 aliphatic carbocycles. The zero-order valence-electron chi connectivity index (χ0n) is 9.35. The summed E-state index contributed by atoms with van der Waals surface area (Å²) in [6.45, 7) is 1.13. The number of anilines is 1. The molecule has 0 radical (unpaired) electrons. The van der Waals surface area contributed by atoms with Gasteiger partial charge in [0, 0.05) is 31.0 Å². The van der Waals surface area contributed by atoms with E-state index >= 15 is 0 Å². The molecule has 0 saturated heterocycles. The Labute approximate surface area is 95.6 Å². The molecule has 0 fully saturated rings. The summed E-state index contributed by atoms with van der Waals surface area (Å²) in [6, 6.07) is 12.7. The van der Waals surface area contributed by atoms with Gasteiger partial charge in [0.15, 0.2) is 0 Å². The Hall–Kier alpha value is -1.83. The van der Waals surface area contributed by atoms with Gasteiger partial charge in [-0.3, -0.25) is 4.98 Å². The van der Waals surface area contributed by atoms with Gasteiger partial charge >= 0.3 is 0 Å². The number of hydrogen-bond donors (Lipinski definition) is 0. The first-order valence-electron chi connectivity index (χ1n) is 5.60. The lowest BCUT2D eigenvalue weighted by Crippen LogP contribution is -2.12. The minimum absolute atomic E-state index is 1.06. The van der Waals surface area contributed by atoms with Gasteiger partial charge in [0.05, 0.1) is 5.69 Å². The summed E-state index contributed by atoms with van der Waals surface area (Å²) in [5, 5.41) is 0. The third kappa shape index (κ3) is 1.47. The van der Waals surface area contributed by atoms with E-state index in [0.29, 0.717) is 0 Å². The van der Waals surface area contributed by atoms with Crippen molar-refractivity contribution >= 4 is 5.69 Å². The van der Waals surface area contributed by atoms with Gasteiger partial charge in [0.25, 0.3) is 0 Å². The van der Waals surface area contributed by atoms with Crippen molar-refractivity contribution in [2.24, 2.45) is 0 Å². The highest BCUT2D eigenvalue weighted by molar-refractivity contribution is 5.68. The molecule has 2 nitrogen and oxygen atoms in total. The molecule has 2 aromatic rings. The van der Waals surface area contributed by atoms with E-state index in [1.54, 1.807) is 0 Å². The van der Waals surface area contributed by atoms with Crippen LogP contribution < -0.4 is 4.90 Å². The van der Waals surface area contributed by atoms with Crippen LogP contribution in [0.5, 0.6) is 0 Å². The van der Waals surface area contributed by atoms with Crippen molar-refractivity contribution in [2.45, 2.75) is 6.42 Å². The van der Waals surface area contributed by atoms with Gasteiger partial charge in [-0.2, -0.15) is 0 Å². The molecule has 16 heavy (non-hydrogen) atoms. The van der Waals surface area contributed by atoms with Gasteiger partial charge in [-0.25, -0.2) is 0 Å². The predicted octanol–water partition coefficient (Wildman–Crippen LogP) is 2.74. The minimum atomic E-state index is 1.06. The van der Waals surface area contributed by atoms with Crippen LogP contribution in [0.2, 0.25) is 0 Å². The van der Waals surface area contributed by atoms with Gasteiger partial charge in [0.2, 0.25) is 0 Å². The quantitative estimate of drug-likeness (QED) is 0.719. The maximum atomic E-state index is 4.38. The zero-order valence-corrected chi connectivity index (χ0v) is 9.35. The van der Waals surface area contributed by atoms with E-state index in [4.69, 9.17) is 0 Å². The van der Waals surface area contributed by atoms with Crippen LogP contribution in [0.3, 0.4) is 0 Å². The molecule has 80 valence electrons. The summed E-state index contributed by atoms with van der Waals surface area (Å²) in [7, 11) is 2.15. The lowest BCUT2D eigenvalue weighted by Gasteiger charge is -2.11. The molecule has 2 heteroatoms. The second-order valence-electron chi connectivity index (χ2n) is 4.23. The molecule has 1 aromatic heterocycles. The molecule has 0 saturated carbocycles. The summed E-state index contributed by atoms with van der Waals surface area (Å²) >= 11 is 0. The number of pyridine rings is 1. The molecular weight excluding hydrogens is 196 g/mol. The third-order valence-electron chi connectivity index (χ3n) is 3.17. The first kappa shape index (κ1) is 9.40. The van der Waals surface area contributed by atoms with E-state index in [2.05, 4.69) is 41.2 Å². The van der Waals surface area contributed by atoms with Crippen molar-refractivity contribution < 1.29 is 0 Å². The van der Waals surface area contributed by atoms with Gasteiger partial charge in [-0.15, -0.1) is 0 Å². The maximum absolute atomic E-state index is 4.38. The number of fused-ring (bicyclic) bond motifs is 1. The lowest BCUT2D eigenvalue weighted by molar-refractivity contribution is 0.956. The normalized spacial score (nSPS) is 13.9. The lowest BCUT2D eigenvalue weighted by atomic mass is 10.1. The van der Waals surface area contributed by atoms with Crippen molar-refractivity contribution in [1.29, 1.82) is 0 Å². The summed E-state index contributed by atoms with van der Waals surface area (Å²) in [4.78, 5) is 6.68. The molecular formula is C14H14N2. The van der Waals surface area contributed by atoms with Gasteiger partial charge < -0.3 is 4.90 Å². The molecule has 3 rings (SSSR count). The Morgan fingerprint density at radius 2 is 2.12 bits per heavy atom. The van der Waals surface area contributed by atoms with Gasteiger partial charge in [0.1, 0.15) is 0 Å². The molecule has 1 aromatic carbocycles. The van der Waals surface area contributed by atoms with Crippen LogP contribution in [0.4, 0.5) is 5.69 Å². The van der Waals surface area contributed by atoms with Crippen molar-refractivity contribution in [3.63, 3.8) is 0 Å². The fraction of sp³-hybridized carbons (Fsp3) is 0.214. The van der Waals surface area contributed by atoms with Crippen LogP contribution in [-0.4, -0.2) is 18.6 Å². The van der Waals surface area contributed by atoms with Gasteiger partial charge in [-0.05, 0) is 36.2 Å². The first-order valence-corrected chi connectivity index (χ1v) is 5.60.